The lowest BCUT2D eigenvalue weighted by Crippen LogP contribution is -2.42. The number of anilines is 2. The van der Waals surface area contributed by atoms with Gasteiger partial charge in [-0.1, -0.05) is 0 Å². The molecule has 156 valence electrons. The first kappa shape index (κ1) is 21.0. The Morgan fingerprint density at radius 1 is 1.24 bits per heavy atom. The summed E-state index contributed by atoms with van der Waals surface area (Å²) in [6, 6.07) is 2.14. The minimum atomic E-state index is -3.53. The van der Waals surface area contributed by atoms with Gasteiger partial charge in [0.15, 0.2) is 0 Å². The van der Waals surface area contributed by atoms with Crippen LogP contribution in [-0.2, 0) is 17.1 Å². The number of piperidine rings is 1. The molecule has 1 aliphatic heterocycles. The summed E-state index contributed by atoms with van der Waals surface area (Å²) in [5.41, 5.74) is 0.131. The molecular weight excluding hydrogens is 392 g/mol. The molecule has 0 aromatic carbocycles. The van der Waals surface area contributed by atoms with Crippen molar-refractivity contribution in [2.45, 2.75) is 50.1 Å². The van der Waals surface area contributed by atoms with Gasteiger partial charge >= 0.3 is 0 Å². The van der Waals surface area contributed by atoms with Crippen LogP contribution >= 0.6 is 0 Å². The van der Waals surface area contributed by atoms with Crippen LogP contribution in [0.2, 0.25) is 0 Å². The third kappa shape index (κ3) is 5.02. The number of sulfonamides is 1. The Bertz CT molecular complexity index is 1010. The summed E-state index contributed by atoms with van der Waals surface area (Å²) >= 11 is 0. The highest BCUT2D eigenvalue weighted by atomic mass is 32.2. The minimum Gasteiger partial charge on any atom is -0.364 e. The van der Waals surface area contributed by atoms with Crippen LogP contribution in [0, 0.1) is 11.3 Å². The molecule has 2 aromatic heterocycles. The standard InChI is InChI=1S/C18H26N8O2S/c1-18(2,3)24-16-13(9-19)10-20-17(23-16)22-14-5-7-26(8-6-14)29(27,28)15-11-21-25(4)12-15/h10-12,14H,5-8H2,1-4H3,(H2,20,22,23,24). The van der Waals surface area contributed by atoms with Gasteiger partial charge in [0.05, 0.1) is 12.4 Å². The molecule has 11 heteroatoms. The van der Waals surface area contributed by atoms with Crippen molar-refractivity contribution < 1.29 is 8.42 Å². The Labute approximate surface area is 171 Å². The quantitative estimate of drug-likeness (QED) is 0.748. The monoisotopic (exact) mass is 418 g/mol. The summed E-state index contributed by atoms with van der Waals surface area (Å²) in [4.78, 5) is 8.88. The minimum absolute atomic E-state index is 0.0470. The van der Waals surface area contributed by atoms with Crippen molar-refractivity contribution in [1.29, 1.82) is 5.26 Å². The maximum absolute atomic E-state index is 12.7. The number of aryl methyl sites for hydroxylation is 1. The number of nitriles is 1. The zero-order valence-electron chi connectivity index (χ0n) is 17.0. The van der Waals surface area contributed by atoms with Crippen LogP contribution in [0.15, 0.2) is 23.5 Å². The predicted molar refractivity (Wildman–Crippen MR) is 109 cm³/mol. The van der Waals surface area contributed by atoms with Crippen molar-refractivity contribution in [2.24, 2.45) is 7.05 Å². The molecule has 0 atom stereocenters. The number of nitrogens with one attached hydrogen (secondary N) is 2. The van der Waals surface area contributed by atoms with Gasteiger partial charge in [-0.3, -0.25) is 4.68 Å². The van der Waals surface area contributed by atoms with E-state index in [-0.39, 0.29) is 16.5 Å². The molecular formula is C18H26N8O2S. The number of hydrogen-bond acceptors (Lipinski definition) is 8. The maximum atomic E-state index is 12.7. The van der Waals surface area contributed by atoms with E-state index in [1.807, 2.05) is 20.8 Å². The fourth-order valence-electron chi connectivity index (χ4n) is 3.09. The third-order valence-corrected chi connectivity index (χ3v) is 6.36. The number of aromatic nitrogens is 4. The van der Waals surface area contributed by atoms with Gasteiger partial charge < -0.3 is 10.6 Å². The van der Waals surface area contributed by atoms with Gasteiger partial charge in [-0.2, -0.15) is 19.6 Å². The highest BCUT2D eigenvalue weighted by molar-refractivity contribution is 7.89. The van der Waals surface area contributed by atoms with Crippen molar-refractivity contribution in [3.05, 3.63) is 24.2 Å². The molecule has 1 saturated heterocycles. The van der Waals surface area contributed by atoms with Gasteiger partial charge in [-0.05, 0) is 33.6 Å². The van der Waals surface area contributed by atoms with E-state index in [0.29, 0.717) is 43.3 Å². The Morgan fingerprint density at radius 3 is 2.48 bits per heavy atom. The second-order valence-corrected chi connectivity index (χ2v) is 10.1. The van der Waals surface area contributed by atoms with E-state index in [0.717, 1.165) is 0 Å². The highest BCUT2D eigenvalue weighted by Crippen LogP contribution is 2.23. The Kier molecular flexibility index (Phi) is 5.77. The molecule has 1 fully saturated rings. The number of hydrogen-bond donors (Lipinski definition) is 2. The number of rotatable bonds is 5. The summed E-state index contributed by atoms with van der Waals surface area (Å²) in [5.74, 6) is 0.901. The summed E-state index contributed by atoms with van der Waals surface area (Å²) in [6.45, 7) is 6.77. The van der Waals surface area contributed by atoms with Gasteiger partial charge in [0.25, 0.3) is 0 Å². The molecule has 0 saturated carbocycles. The molecule has 0 amide bonds. The maximum Gasteiger partial charge on any atom is 0.246 e. The van der Waals surface area contributed by atoms with E-state index in [9.17, 15) is 13.7 Å². The Balaban J connectivity index is 1.65. The van der Waals surface area contributed by atoms with Crippen LogP contribution in [0.25, 0.3) is 0 Å². The molecule has 3 rings (SSSR count). The molecule has 3 heterocycles. The lowest BCUT2D eigenvalue weighted by Gasteiger charge is -2.31. The van der Waals surface area contributed by atoms with Gasteiger partial charge in [-0.25, -0.2) is 13.4 Å². The summed E-state index contributed by atoms with van der Waals surface area (Å²) in [5, 5.41) is 19.7. The average Bonchev–Trinajstić information content (AvgIpc) is 3.08. The SMILES string of the molecule is Cn1cc(S(=O)(=O)N2CCC(Nc3ncc(C#N)c(NC(C)(C)C)n3)CC2)cn1. The lowest BCUT2D eigenvalue weighted by molar-refractivity contribution is 0.329. The van der Waals surface area contributed by atoms with Crippen molar-refractivity contribution >= 4 is 21.8 Å². The summed E-state index contributed by atoms with van der Waals surface area (Å²) in [6.07, 6.45) is 5.63. The van der Waals surface area contributed by atoms with Gasteiger partial charge in [0.1, 0.15) is 22.3 Å². The molecule has 1 aliphatic rings. The van der Waals surface area contributed by atoms with Crippen LogP contribution in [0.4, 0.5) is 11.8 Å². The van der Waals surface area contributed by atoms with Crippen molar-refractivity contribution in [3.8, 4) is 6.07 Å². The molecule has 0 unspecified atom stereocenters. The van der Waals surface area contributed by atoms with Gasteiger partial charge in [0, 0.05) is 37.9 Å². The molecule has 0 bridgehead atoms. The highest BCUT2D eigenvalue weighted by Gasteiger charge is 2.30. The van der Waals surface area contributed by atoms with Crippen LogP contribution in [0.3, 0.4) is 0 Å². The smallest absolute Gasteiger partial charge is 0.246 e. The molecule has 0 spiro atoms. The topological polar surface area (TPSA) is 129 Å². The van der Waals surface area contributed by atoms with E-state index in [4.69, 9.17) is 0 Å². The Hall–Kier alpha value is -2.71. The second kappa shape index (κ2) is 7.96. The molecule has 29 heavy (non-hydrogen) atoms. The first-order chi connectivity index (χ1) is 13.6. The van der Waals surface area contributed by atoms with E-state index < -0.39 is 10.0 Å². The molecule has 2 N–H and O–H groups in total. The van der Waals surface area contributed by atoms with E-state index in [1.165, 1.54) is 27.6 Å². The van der Waals surface area contributed by atoms with Crippen LogP contribution in [-0.4, -0.2) is 57.1 Å². The normalized spacial score (nSPS) is 16.4. The van der Waals surface area contributed by atoms with E-state index in [1.54, 1.807) is 7.05 Å². The average molecular weight is 419 g/mol. The zero-order valence-corrected chi connectivity index (χ0v) is 17.9. The molecule has 2 aromatic rings. The first-order valence-corrected chi connectivity index (χ1v) is 10.8. The van der Waals surface area contributed by atoms with E-state index >= 15 is 0 Å². The molecule has 0 radical (unpaired) electrons. The zero-order chi connectivity index (χ0) is 21.2. The second-order valence-electron chi connectivity index (χ2n) is 8.12. The third-order valence-electron chi connectivity index (χ3n) is 4.51. The summed E-state index contributed by atoms with van der Waals surface area (Å²) in [7, 11) is -1.84. The van der Waals surface area contributed by atoms with Crippen molar-refractivity contribution in [2.75, 3.05) is 23.7 Å². The fourth-order valence-corrected chi connectivity index (χ4v) is 4.54. The van der Waals surface area contributed by atoms with Crippen LogP contribution in [0.5, 0.6) is 0 Å². The first-order valence-electron chi connectivity index (χ1n) is 9.39. The largest absolute Gasteiger partial charge is 0.364 e. The van der Waals surface area contributed by atoms with Crippen LogP contribution in [0.1, 0.15) is 39.2 Å². The molecule has 10 nitrogen and oxygen atoms in total. The van der Waals surface area contributed by atoms with Crippen molar-refractivity contribution in [1.82, 2.24) is 24.1 Å². The van der Waals surface area contributed by atoms with Gasteiger partial charge in [0.2, 0.25) is 16.0 Å². The molecule has 0 aliphatic carbocycles. The number of nitrogens with zero attached hydrogens (tertiary/aromatic N) is 6. The van der Waals surface area contributed by atoms with Gasteiger partial charge in [-0.15, -0.1) is 0 Å². The summed E-state index contributed by atoms with van der Waals surface area (Å²) < 4.78 is 28.4. The Morgan fingerprint density at radius 2 is 1.93 bits per heavy atom. The van der Waals surface area contributed by atoms with E-state index in [2.05, 4.69) is 31.8 Å². The fraction of sp³-hybridized carbons (Fsp3) is 0.556. The lowest BCUT2D eigenvalue weighted by atomic mass is 10.1. The van der Waals surface area contributed by atoms with Crippen molar-refractivity contribution in [3.63, 3.8) is 0 Å². The predicted octanol–water partition coefficient (Wildman–Crippen LogP) is 1.56. The van der Waals surface area contributed by atoms with Crippen LogP contribution < -0.4 is 10.6 Å².